The van der Waals surface area contributed by atoms with Gasteiger partial charge in [0.15, 0.2) is 16.6 Å². The fourth-order valence-electron chi connectivity index (χ4n) is 3.89. The lowest BCUT2D eigenvalue weighted by molar-refractivity contribution is 0.174. The molecule has 5 rings (SSSR count). The SMILES string of the molecule is Cc1cc(C)c2sc(N3CCN(Cc4ccc5c(c4)OCO5)CC3)nc2c1. The van der Waals surface area contributed by atoms with E-state index < -0.39 is 0 Å². The van der Waals surface area contributed by atoms with Gasteiger partial charge in [-0.05, 0) is 48.7 Å². The van der Waals surface area contributed by atoms with Crippen LogP contribution in [0.1, 0.15) is 16.7 Å². The van der Waals surface area contributed by atoms with E-state index in [-0.39, 0.29) is 0 Å². The summed E-state index contributed by atoms with van der Waals surface area (Å²) < 4.78 is 12.2. The number of nitrogens with zero attached hydrogens (tertiary/aromatic N) is 3. The largest absolute Gasteiger partial charge is 0.454 e. The highest BCUT2D eigenvalue weighted by atomic mass is 32.1. The van der Waals surface area contributed by atoms with Crippen molar-refractivity contribution in [2.45, 2.75) is 20.4 Å². The molecule has 1 saturated heterocycles. The number of anilines is 1. The van der Waals surface area contributed by atoms with E-state index in [0.29, 0.717) is 6.79 Å². The van der Waals surface area contributed by atoms with Crippen LogP contribution in [0.4, 0.5) is 5.13 Å². The van der Waals surface area contributed by atoms with E-state index in [2.05, 4.69) is 47.9 Å². The maximum atomic E-state index is 5.49. The Kier molecular flexibility index (Phi) is 4.17. The lowest BCUT2D eigenvalue weighted by atomic mass is 10.1. The van der Waals surface area contributed by atoms with E-state index in [1.807, 2.05) is 17.4 Å². The predicted molar refractivity (Wildman–Crippen MR) is 109 cm³/mol. The lowest BCUT2D eigenvalue weighted by Crippen LogP contribution is -2.45. The molecule has 0 atom stereocenters. The average molecular weight is 382 g/mol. The average Bonchev–Trinajstić information content (AvgIpc) is 3.28. The Labute approximate surface area is 163 Å². The fourth-order valence-corrected chi connectivity index (χ4v) is 4.96. The van der Waals surface area contributed by atoms with Crippen molar-refractivity contribution in [1.82, 2.24) is 9.88 Å². The summed E-state index contributed by atoms with van der Waals surface area (Å²) in [5, 5.41) is 1.15. The topological polar surface area (TPSA) is 37.8 Å². The van der Waals surface area contributed by atoms with Crippen LogP contribution >= 0.6 is 11.3 Å². The van der Waals surface area contributed by atoms with Crippen molar-refractivity contribution < 1.29 is 9.47 Å². The van der Waals surface area contributed by atoms with Gasteiger partial charge in [-0.2, -0.15) is 0 Å². The van der Waals surface area contributed by atoms with Crippen LogP contribution in [0.2, 0.25) is 0 Å². The normalized spacial score (nSPS) is 17.0. The summed E-state index contributed by atoms with van der Waals surface area (Å²) in [4.78, 5) is 9.82. The summed E-state index contributed by atoms with van der Waals surface area (Å²) in [5.74, 6) is 1.72. The third-order valence-electron chi connectivity index (χ3n) is 5.29. The van der Waals surface area contributed by atoms with Gasteiger partial charge in [-0.25, -0.2) is 4.98 Å². The number of hydrogen-bond donors (Lipinski definition) is 0. The Hall–Kier alpha value is -2.31. The summed E-state index contributed by atoms with van der Waals surface area (Å²) in [6, 6.07) is 10.7. The van der Waals surface area contributed by atoms with Gasteiger partial charge >= 0.3 is 0 Å². The maximum Gasteiger partial charge on any atom is 0.231 e. The number of thiazole rings is 1. The number of ether oxygens (including phenoxy) is 2. The molecule has 140 valence electrons. The zero-order chi connectivity index (χ0) is 18.4. The summed E-state index contributed by atoms with van der Waals surface area (Å²) in [5.41, 5.74) is 5.02. The summed E-state index contributed by atoms with van der Waals surface area (Å²) in [6.07, 6.45) is 0. The van der Waals surface area contributed by atoms with E-state index in [0.717, 1.165) is 54.9 Å². The van der Waals surface area contributed by atoms with Crippen LogP contribution in [0.15, 0.2) is 30.3 Å². The summed E-state index contributed by atoms with van der Waals surface area (Å²) in [6.45, 7) is 9.72. The van der Waals surface area contributed by atoms with Gasteiger partial charge in [-0.1, -0.05) is 23.5 Å². The zero-order valence-corrected chi connectivity index (χ0v) is 16.5. The highest BCUT2D eigenvalue weighted by Crippen LogP contribution is 2.34. The van der Waals surface area contributed by atoms with Crippen molar-refractivity contribution in [1.29, 1.82) is 0 Å². The van der Waals surface area contributed by atoms with Gasteiger partial charge in [0.2, 0.25) is 6.79 Å². The van der Waals surface area contributed by atoms with Crippen molar-refractivity contribution in [3.05, 3.63) is 47.0 Å². The van der Waals surface area contributed by atoms with Crippen molar-refractivity contribution in [3.63, 3.8) is 0 Å². The van der Waals surface area contributed by atoms with E-state index in [9.17, 15) is 0 Å². The van der Waals surface area contributed by atoms with Crippen molar-refractivity contribution in [2.75, 3.05) is 37.9 Å². The van der Waals surface area contributed by atoms with Crippen LogP contribution in [0.3, 0.4) is 0 Å². The summed E-state index contributed by atoms with van der Waals surface area (Å²) >= 11 is 1.82. The highest BCUT2D eigenvalue weighted by Gasteiger charge is 2.21. The molecule has 3 aromatic rings. The van der Waals surface area contributed by atoms with Gasteiger partial charge in [0.1, 0.15) is 0 Å². The van der Waals surface area contributed by atoms with Gasteiger partial charge in [0, 0.05) is 32.7 Å². The molecule has 2 aliphatic heterocycles. The molecule has 0 bridgehead atoms. The number of fused-ring (bicyclic) bond motifs is 2. The van der Waals surface area contributed by atoms with Gasteiger partial charge in [-0.15, -0.1) is 0 Å². The first-order valence-corrected chi connectivity index (χ1v) is 10.2. The number of aromatic nitrogens is 1. The first kappa shape index (κ1) is 16.8. The highest BCUT2D eigenvalue weighted by molar-refractivity contribution is 7.22. The monoisotopic (exact) mass is 381 g/mol. The van der Waals surface area contributed by atoms with Crippen LogP contribution in [-0.4, -0.2) is 42.9 Å². The first-order valence-electron chi connectivity index (χ1n) is 9.39. The number of rotatable bonds is 3. The predicted octanol–water partition coefficient (Wildman–Crippen LogP) is 3.96. The van der Waals surface area contributed by atoms with Crippen LogP contribution in [0.25, 0.3) is 10.2 Å². The molecule has 0 radical (unpaired) electrons. The van der Waals surface area contributed by atoms with E-state index in [4.69, 9.17) is 14.5 Å². The van der Waals surface area contributed by atoms with Gasteiger partial charge < -0.3 is 14.4 Å². The van der Waals surface area contributed by atoms with Gasteiger partial charge in [-0.3, -0.25) is 4.90 Å². The van der Waals surface area contributed by atoms with Crippen LogP contribution < -0.4 is 14.4 Å². The zero-order valence-electron chi connectivity index (χ0n) is 15.7. The maximum absolute atomic E-state index is 5.49. The standard InChI is InChI=1S/C21H23N3O2S/c1-14-9-15(2)20-17(10-14)22-21(27-20)24-7-5-23(6-8-24)12-16-3-4-18-19(11-16)26-13-25-18/h3-4,9-11H,5-8,12-13H2,1-2H3. The first-order chi connectivity index (χ1) is 13.2. The third kappa shape index (κ3) is 3.24. The van der Waals surface area contributed by atoms with Crippen molar-refractivity contribution >= 4 is 26.7 Å². The Morgan fingerprint density at radius 1 is 1.00 bits per heavy atom. The molecule has 0 unspecified atom stereocenters. The van der Waals surface area contributed by atoms with E-state index in [1.54, 1.807) is 0 Å². The van der Waals surface area contributed by atoms with Gasteiger partial charge in [0.25, 0.3) is 0 Å². The molecule has 3 heterocycles. The molecule has 0 saturated carbocycles. The lowest BCUT2D eigenvalue weighted by Gasteiger charge is -2.34. The third-order valence-corrected chi connectivity index (χ3v) is 6.56. The quantitative estimate of drug-likeness (QED) is 0.686. The molecule has 0 N–H and O–H groups in total. The number of hydrogen-bond acceptors (Lipinski definition) is 6. The molecule has 27 heavy (non-hydrogen) atoms. The molecule has 6 heteroatoms. The molecule has 2 aliphatic rings. The molecular weight excluding hydrogens is 358 g/mol. The smallest absolute Gasteiger partial charge is 0.231 e. The van der Waals surface area contributed by atoms with Crippen LogP contribution in [0.5, 0.6) is 11.5 Å². The summed E-state index contributed by atoms with van der Waals surface area (Å²) in [7, 11) is 0. The second-order valence-electron chi connectivity index (χ2n) is 7.38. The molecule has 0 spiro atoms. The number of aryl methyl sites for hydroxylation is 2. The molecule has 0 aliphatic carbocycles. The molecule has 5 nitrogen and oxygen atoms in total. The number of benzene rings is 2. The minimum atomic E-state index is 0.332. The molecule has 1 aromatic heterocycles. The van der Waals surface area contributed by atoms with Crippen molar-refractivity contribution in [2.24, 2.45) is 0 Å². The van der Waals surface area contributed by atoms with Crippen LogP contribution in [-0.2, 0) is 6.54 Å². The van der Waals surface area contributed by atoms with Gasteiger partial charge in [0.05, 0.1) is 10.2 Å². The van der Waals surface area contributed by atoms with Crippen LogP contribution in [0, 0.1) is 13.8 Å². The van der Waals surface area contributed by atoms with E-state index >= 15 is 0 Å². The Bertz CT molecular complexity index is 993. The fraction of sp³-hybridized carbons (Fsp3) is 0.381. The van der Waals surface area contributed by atoms with Crippen molar-refractivity contribution in [3.8, 4) is 11.5 Å². The molecule has 0 amide bonds. The Balaban J connectivity index is 1.26. The minimum absolute atomic E-state index is 0.332. The second-order valence-corrected chi connectivity index (χ2v) is 8.35. The minimum Gasteiger partial charge on any atom is -0.454 e. The number of piperazine rings is 1. The molecule has 1 fully saturated rings. The van der Waals surface area contributed by atoms with E-state index in [1.165, 1.54) is 21.4 Å². The Morgan fingerprint density at radius 3 is 2.67 bits per heavy atom. The molecular formula is C21H23N3O2S. The second kappa shape index (κ2) is 6.69. The molecule has 2 aromatic carbocycles. The Morgan fingerprint density at radius 2 is 1.81 bits per heavy atom.